The van der Waals surface area contributed by atoms with Gasteiger partial charge in [-0.15, -0.1) is 12.4 Å². The number of carbonyl (C=O) groups is 2. The van der Waals surface area contributed by atoms with E-state index in [9.17, 15) is 14.0 Å². The maximum atomic E-state index is 14.3. The zero-order chi connectivity index (χ0) is 30.2. The Morgan fingerprint density at radius 2 is 1.47 bits per heavy atom. The Morgan fingerprint density at radius 3 is 2.05 bits per heavy atom. The smallest absolute Gasteiger partial charge is 0.280 e. The number of rotatable bonds is 10. The molecule has 0 radical (unpaired) electrons. The van der Waals surface area contributed by atoms with Crippen molar-refractivity contribution >= 4 is 35.9 Å². The van der Waals surface area contributed by atoms with Gasteiger partial charge in [0.1, 0.15) is 5.82 Å². The van der Waals surface area contributed by atoms with Crippen molar-refractivity contribution in [3.63, 3.8) is 0 Å². The third-order valence-corrected chi connectivity index (χ3v) is 6.99. The fourth-order valence-electron chi connectivity index (χ4n) is 4.86. The van der Waals surface area contributed by atoms with Crippen molar-refractivity contribution in [2.75, 3.05) is 52.8 Å². The number of aliphatic imine (C=N–C) groups is 1. The van der Waals surface area contributed by atoms with Crippen LogP contribution in [0.3, 0.4) is 0 Å². The summed E-state index contributed by atoms with van der Waals surface area (Å²) in [7, 11) is 4.78. The van der Waals surface area contributed by atoms with E-state index in [1.54, 1.807) is 39.5 Å². The minimum atomic E-state index is -0.651. The molecule has 0 bridgehead atoms. The molecule has 0 aliphatic carbocycles. The number of halogens is 2. The summed E-state index contributed by atoms with van der Waals surface area (Å²) in [6.45, 7) is 4.25. The molecule has 1 heterocycles. The second-order valence-corrected chi connectivity index (χ2v) is 9.69. The molecule has 1 aliphatic heterocycles. The van der Waals surface area contributed by atoms with Crippen LogP contribution in [0.5, 0.6) is 17.2 Å². The highest BCUT2D eigenvalue weighted by Crippen LogP contribution is 2.40. The highest BCUT2D eigenvalue weighted by atomic mass is 35.5. The fourth-order valence-corrected chi connectivity index (χ4v) is 4.86. The van der Waals surface area contributed by atoms with E-state index in [0.29, 0.717) is 36.0 Å². The summed E-state index contributed by atoms with van der Waals surface area (Å²) in [4.78, 5) is 33.6. The van der Waals surface area contributed by atoms with Crippen LogP contribution in [-0.2, 0) is 13.1 Å². The summed E-state index contributed by atoms with van der Waals surface area (Å²) in [5, 5.41) is 2.76. The van der Waals surface area contributed by atoms with Crippen molar-refractivity contribution < 1.29 is 28.2 Å². The molecule has 3 aromatic rings. The van der Waals surface area contributed by atoms with Crippen LogP contribution in [0.1, 0.15) is 31.8 Å². The van der Waals surface area contributed by atoms with Crippen LogP contribution in [0.2, 0.25) is 0 Å². The third-order valence-electron chi connectivity index (χ3n) is 6.99. The molecular formula is C30H36ClFN6O5. The van der Waals surface area contributed by atoms with E-state index >= 15 is 0 Å². The number of hydrogen-bond donors (Lipinski definition) is 3. The maximum absolute atomic E-state index is 14.3. The van der Waals surface area contributed by atoms with Crippen molar-refractivity contribution in [3.05, 3.63) is 82.7 Å². The van der Waals surface area contributed by atoms with Crippen LogP contribution >= 0.6 is 12.4 Å². The normalized spacial score (nSPS) is 13.4. The molecule has 43 heavy (non-hydrogen) atoms. The molecule has 2 amide bonds. The first-order valence-electron chi connectivity index (χ1n) is 13.3. The van der Waals surface area contributed by atoms with E-state index in [-0.39, 0.29) is 29.5 Å². The number of hydrogen-bond acceptors (Lipinski definition) is 7. The first-order valence-corrected chi connectivity index (χ1v) is 13.3. The Labute approximate surface area is 256 Å². The lowest BCUT2D eigenvalue weighted by atomic mass is 10.1. The monoisotopic (exact) mass is 614 g/mol. The molecule has 1 aliphatic rings. The molecule has 0 aromatic heterocycles. The second kappa shape index (κ2) is 15.2. The van der Waals surface area contributed by atoms with Gasteiger partial charge in [0.15, 0.2) is 17.5 Å². The Morgan fingerprint density at radius 1 is 0.860 bits per heavy atom. The van der Waals surface area contributed by atoms with Gasteiger partial charge in [-0.25, -0.2) is 4.39 Å². The number of nitrogens with zero attached hydrogens (tertiary/aromatic N) is 3. The number of amides is 2. The lowest BCUT2D eigenvalue weighted by Crippen LogP contribution is -2.45. The zero-order valence-corrected chi connectivity index (χ0v) is 25.1. The van der Waals surface area contributed by atoms with Gasteiger partial charge >= 0.3 is 0 Å². The van der Waals surface area contributed by atoms with Gasteiger partial charge in [-0.05, 0) is 35.9 Å². The molecule has 13 heteroatoms. The van der Waals surface area contributed by atoms with Gasteiger partial charge in [-0.3, -0.25) is 19.4 Å². The highest BCUT2D eigenvalue weighted by Gasteiger charge is 2.23. The number of piperazine rings is 1. The minimum Gasteiger partial charge on any atom is -0.493 e. The lowest BCUT2D eigenvalue weighted by molar-refractivity contribution is 0.0997. The van der Waals surface area contributed by atoms with E-state index < -0.39 is 17.6 Å². The molecule has 230 valence electrons. The summed E-state index contributed by atoms with van der Waals surface area (Å²) < 4.78 is 30.8. The minimum absolute atomic E-state index is 0. The quantitative estimate of drug-likeness (QED) is 0.231. The largest absolute Gasteiger partial charge is 0.493 e. The lowest BCUT2D eigenvalue weighted by Gasteiger charge is -2.35. The van der Waals surface area contributed by atoms with E-state index in [0.717, 1.165) is 37.3 Å². The summed E-state index contributed by atoms with van der Waals surface area (Å²) in [6.07, 6.45) is 0. The van der Waals surface area contributed by atoms with Crippen LogP contribution in [-0.4, -0.2) is 75.1 Å². The van der Waals surface area contributed by atoms with E-state index in [1.165, 1.54) is 24.3 Å². The van der Waals surface area contributed by atoms with Crippen LogP contribution in [0.15, 0.2) is 59.6 Å². The SMILES string of the molecule is COc1ccc(CN2CCN(Cc3ccc(C(=O)N=C(N)N)cc3NC(=O)c3ccccc3F)CC2)c(OC)c1OC.Cl. The van der Waals surface area contributed by atoms with Gasteiger partial charge in [-0.1, -0.05) is 24.3 Å². The summed E-state index contributed by atoms with van der Waals surface area (Å²) in [6, 6.07) is 14.4. The average Bonchev–Trinajstić information content (AvgIpc) is 2.98. The third kappa shape index (κ3) is 8.13. The predicted molar refractivity (Wildman–Crippen MR) is 165 cm³/mol. The number of nitrogens with two attached hydrogens (primary N) is 2. The van der Waals surface area contributed by atoms with Crippen LogP contribution in [0.25, 0.3) is 0 Å². The summed E-state index contributed by atoms with van der Waals surface area (Å²) in [5.41, 5.74) is 12.9. The van der Waals surface area contributed by atoms with E-state index in [4.69, 9.17) is 25.7 Å². The first-order chi connectivity index (χ1) is 20.2. The number of benzene rings is 3. The van der Waals surface area contributed by atoms with Gasteiger partial charge < -0.3 is 31.0 Å². The molecule has 1 saturated heterocycles. The Bertz CT molecular complexity index is 1480. The molecule has 11 nitrogen and oxygen atoms in total. The molecule has 4 rings (SSSR count). The number of methoxy groups -OCH3 is 3. The van der Waals surface area contributed by atoms with Crippen molar-refractivity contribution in [1.29, 1.82) is 0 Å². The number of carbonyl (C=O) groups excluding carboxylic acids is 2. The zero-order valence-electron chi connectivity index (χ0n) is 24.3. The molecule has 1 fully saturated rings. The predicted octanol–water partition coefficient (Wildman–Crippen LogP) is 3.26. The number of ether oxygens (including phenoxy) is 3. The Kier molecular flexibility index (Phi) is 11.7. The second-order valence-electron chi connectivity index (χ2n) is 9.69. The molecule has 0 unspecified atom stereocenters. The summed E-state index contributed by atoms with van der Waals surface area (Å²) in [5.74, 6) is -0.493. The molecular weight excluding hydrogens is 579 g/mol. The standard InChI is InChI=1S/C30H35FN6O5.ClH/c1-40-25-11-10-21(26(41-2)27(25)42-3)18-37-14-12-36(13-15-37)17-20-9-8-19(28(38)35-30(32)33)16-24(20)34-29(39)22-6-4-5-7-23(22)31;/h4-11,16H,12-15,17-18H2,1-3H3,(H,34,39)(H4,32,33,35,38);1H. The van der Waals surface area contributed by atoms with E-state index in [2.05, 4.69) is 20.1 Å². The van der Waals surface area contributed by atoms with Crippen molar-refractivity contribution in [3.8, 4) is 17.2 Å². The van der Waals surface area contributed by atoms with Gasteiger partial charge in [0, 0.05) is 56.1 Å². The van der Waals surface area contributed by atoms with Gasteiger partial charge in [0.2, 0.25) is 5.75 Å². The van der Waals surface area contributed by atoms with Gasteiger partial charge in [-0.2, -0.15) is 4.99 Å². The van der Waals surface area contributed by atoms with Crippen molar-refractivity contribution in [2.24, 2.45) is 16.5 Å². The summed E-state index contributed by atoms with van der Waals surface area (Å²) >= 11 is 0. The molecule has 5 N–H and O–H groups in total. The number of anilines is 1. The van der Waals surface area contributed by atoms with Crippen molar-refractivity contribution in [1.82, 2.24) is 9.80 Å². The maximum Gasteiger partial charge on any atom is 0.280 e. The topological polar surface area (TPSA) is 145 Å². The number of nitrogens with one attached hydrogen (secondary N) is 1. The highest BCUT2D eigenvalue weighted by molar-refractivity contribution is 6.06. The fraction of sp³-hybridized carbons (Fsp3) is 0.300. The first kappa shape index (κ1) is 33.1. The van der Waals surface area contributed by atoms with Crippen LogP contribution in [0, 0.1) is 5.82 Å². The van der Waals surface area contributed by atoms with Crippen LogP contribution in [0.4, 0.5) is 10.1 Å². The van der Waals surface area contributed by atoms with Gasteiger partial charge in [0.05, 0.1) is 26.9 Å². The Hall–Kier alpha value is -4.39. The van der Waals surface area contributed by atoms with E-state index in [1.807, 2.05) is 12.1 Å². The van der Waals surface area contributed by atoms with Crippen molar-refractivity contribution in [2.45, 2.75) is 13.1 Å². The van der Waals surface area contributed by atoms with Crippen LogP contribution < -0.4 is 31.0 Å². The number of guanidine groups is 1. The molecule has 0 saturated carbocycles. The molecule has 0 atom stereocenters. The molecule has 0 spiro atoms. The Balaban J connectivity index is 0.00000506. The molecule has 3 aromatic carbocycles. The van der Waals surface area contributed by atoms with Gasteiger partial charge in [0.25, 0.3) is 11.8 Å². The average molecular weight is 615 g/mol.